The number of nitrogens with one attached hydrogen (secondary N) is 1. The van der Waals surface area contributed by atoms with Crippen LogP contribution in [0.15, 0.2) is 38.5 Å². The highest BCUT2D eigenvalue weighted by atomic mass is 79.9. The van der Waals surface area contributed by atoms with Crippen LogP contribution in [0.1, 0.15) is 15.2 Å². The third-order valence-electron chi connectivity index (χ3n) is 2.73. The number of aromatic carboxylic acids is 1. The highest BCUT2D eigenvalue weighted by Crippen LogP contribution is 2.25. The van der Waals surface area contributed by atoms with Gasteiger partial charge in [0, 0.05) is 9.35 Å². The van der Waals surface area contributed by atoms with Gasteiger partial charge >= 0.3 is 5.97 Å². The van der Waals surface area contributed by atoms with Gasteiger partial charge in [-0.3, -0.25) is 0 Å². The molecule has 0 fully saturated rings. The molecule has 5 nitrogen and oxygen atoms in total. The zero-order valence-electron chi connectivity index (χ0n) is 10.1. The van der Waals surface area contributed by atoms with Crippen LogP contribution >= 0.6 is 27.3 Å². The van der Waals surface area contributed by atoms with Crippen LogP contribution in [0, 0.1) is 0 Å². The number of rotatable bonds is 4. The van der Waals surface area contributed by atoms with Gasteiger partial charge in [-0.2, -0.15) is 4.98 Å². The fourth-order valence-corrected chi connectivity index (χ4v) is 3.17. The summed E-state index contributed by atoms with van der Waals surface area (Å²) in [7, 11) is 0. The lowest BCUT2D eigenvalue weighted by Crippen LogP contribution is -1.97. The van der Waals surface area contributed by atoms with E-state index < -0.39 is 5.97 Å². The molecule has 2 N–H and O–H groups in total. The Morgan fingerprint density at radius 3 is 3.00 bits per heavy atom. The molecule has 0 aliphatic carbocycles. The molecule has 20 heavy (non-hydrogen) atoms. The maximum Gasteiger partial charge on any atom is 0.335 e. The minimum Gasteiger partial charge on any atom is -0.478 e. The van der Waals surface area contributed by atoms with Gasteiger partial charge in [0.15, 0.2) is 5.58 Å². The van der Waals surface area contributed by atoms with Gasteiger partial charge in [-0.25, -0.2) is 4.79 Å². The highest BCUT2D eigenvalue weighted by Gasteiger charge is 2.10. The van der Waals surface area contributed by atoms with Gasteiger partial charge in [-0.15, -0.1) is 11.3 Å². The zero-order chi connectivity index (χ0) is 14.1. The molecule has 3 rings (SSSR count). The van der Waals surface area contributed by atoms with E-state index in [0.717, 1.165) is 9.35 Å². The lowest BCUT2D eigenvalue weighted by molar-refractivity contribution is 0.0697. The van der Waals surface area contributed by atoms with E-state index in [9.17, 15) is 4.79 Å². The van der Waals surface area contributed by atoms with Gasteiger partial charge in [-0.1, -0.05) is 0 Å². The summed E-state index contributed by atoms with van der Waals surface area (Å²) in [5.74, 6) is -0.986. The molecular formula is C13H9BrN2O3S. The van der Waals surface area contributed by atoms with Crippen molar-refractivity contribution in [3.8, 4) is 0 Å². The number of anilines is 1. The molecule has 102 valence electrons. The van der Waals surface area contributed by atoms with Crippen molar-refractivity contribution in [3.63, 3.8) is 0 Å². The quantitative estimate of drug-likeness (QED) is 0.743. The molecule has 0 aliphatic heterocycles. The van der Waals surface area contributed by atoms with E-state index in [1.54, 1.807) is 17.4 Å². The van der Waals surface area contributed by atoms with Crippen molar-refractivity contribution in [1.29, 1.82) is 0 Å². The van der Waals surface area contributed by atoms with Crippen molar-refractivity contribution in [2.45, 2.75) is 6.54 Å². The average Bonchev–Trinajstić information content (AvgIpc) is 3.00. The summed E-state index contributed by atoms with van der Waals surface area (Å²) >= 11 is 5.08. The Morgan fingerprint density at radius 1 is 1.45 bits per heavy atom. The van der Waals surface area contributed by atoms with Crippen molar-refractivity contribution >= 4 is 50.4 Å². The molecule has 0 unspecified atom stereocenters. The highest BCUT2D eigenvalue weighted by molar-refractivity contribution is 9.10. The van der Waals surface area contributed by atoms with Gasteiger partial charge in [0.2, 0.25) is 0 Å². The first-order valence-electron chi connectivity index (χ1n) is 5.73. The number of carboxylic acid groups (broad SMARTS) is 1. The van der Waals surface area contributed by atoms with Crippen LogP contribution in [0.2, 0.25) is 0 Å². The normalized spacial score (nSPS) is 10.8. The molecule has 2 aromatic heterocycles. The Labute approximate surface area is 126 Å². The van der Waals surface area contributed by atoms with E-state index in [2.05, 4.69) is 26.2 Å². The maximum absolute atomic E-state index is 10.9. The molecule has 3 aromatic rings. The van der Waals surface area contributed by atoms with Crippen LogP contribution < -0.4 is 5.32 Å². The third-order valence-corrected chi connectivity index (χ3v) is 4.65. The molecule has 0 saturated heterocycles. The Balaban J connectivity index is 1.82. The van der Waals surface area contributed by atoms with Gasteiger partial charge in [0.1, 0.15) is 5.52 Å². The number of fused-ring (bicyclic) bond motifs is 1. The van der Waals surface area contributed by atoms with Gasteiger partial charge in [0.05, 0.1) is 12.1 Å². The smallest absolute Gasteiger partial charge is 0.335 e. The number of carbonyl (C=O) groups is 1. The minimum absolute atomic E-state index is 0.182. The number of thiophene rings is 1. The number of halogens is 1. The van der Waals surface area contributed by atoms with Crippen molar-refractivity contribution in [3.05, 3.63) is 44.6 Å². The second kappa shape index (κ2) is 5.26. The molecular weight excluding hydrogens is 344 g/mol. The van der Waals surface area contributed by atoms with Crippen LogP contribution in [0.5, 0.6) is 0 Å². The second-order valence-electron chi connectivity index (χ2n) is 4.05. The largest absolute Gasteiger partial charge is 0.478 e. The number of hydrogen-bond donors (Lipinski definition) is 2. The molecule has 0 bridgehead atoms. The Hall–Kier alpha value is -1.86. The lowest BCUT2D eigenvalue weighted by atomic mass is 10.2. The predicted molar refractivity (Wildman–Crippen MR) is 80.3 cm³/mol. The SMILES string of the molecule is O=C(O)c1ccc2nc(NCc3sccc3Br)oc2c1. The number of benzene rings is 1. The topological polar surface area (TPSA) is 75.4 Å². The Morgan fingerprint density at radius 2 is 2.30 bits per heavy atom. The van der Waals surface area contributed by atoms with Crippen molar-refractivity contribution in [2.75, 3.05) is 5.32 Å². The number of nitrogens with zero attached hydrogens (tertiary/aromatic N) is 1. The molecule has 0 aliphatic rings. The number of aromatic nitrogens is 1. The van der Waals surface area contributed by atoms with E-state index in [0.29, 0.717) is 23.7 Å². The van der Waals surface area contributed by atoms with Crippen LogP contribution in [0.3, 0.4) is 0 Å². The summed E-state index contributed by atoms with van der Waals surface area (Å²) in [6.45, 7) is 0.594. The molecule has 1 aromatic carbocycles. The molecule has 0 atom stereocenters. The first-order chi connectivity index (χ1) is 9.63. The van der Waals surface area contributed by atoms with E-state index in [1.807, 2.05) is 11.4 Å². The molecule has 0 saturated carbocycles. The van der Waals surface area contributed by atoms with Crippen molar-refractivity contribution < 1.29 is 14.3 Å². The van der Waals surface area contributed by atoms with Crippen LogP contribution in [-0.4, -0.2) is 16.1 Å². The van der Waals surface area contributed by atoms with Gasteiger partial charge in [-0.05, 0) is 45.6 Å². The number of hydrogen-bond acceptors (Lipinski definition) is 5. The van der Waals surface area contributed by atoms with Crippen LogP contribution in [-0.2, 0) is 6.54 Å². The first-order valence-corrected chi connectivity index (χ1v) is 7.40. The molecule has 2 heterocycles. The minimum atomic E-state index is -0.986. The molecule has 0 radical (unpaired) electrons. The number of oxazole rings is 1. The molecule has 7 heteroatoms. The van der Waals surface area contributed by atoms with E-state index in [1.165, 1.54) is 12.1 Å². The first kappa shape index (κ1) is 13.1. The summed E-state index contributed by atoms with van der Waals surface area (Å²) < 4.78 is 6.54. The van der Waals surface area contributed by atoms with Gasteiger partial charge < -0.3 is 14.8 Å². The molecule has 0 amide bonds. The summed E-state index contributed by atoms with van der Waals surface area (Å²) in [6, 6.07) is 6.97. The fourth-order valence-electron chi connectivity index (χ4n) is 1.74. The fraction of sp³-hybridized carbons (Fsp3) is 0.0769. The Kier molecular flexibility index (Phi) is 3.45. The average molecular weight is 353 g/mol. The van der Waals surface area contributed by atoms with Crippen LogP contribution in [0.25, 0.3) is 11.1 Å². The summed E-state index contributed by atoms with van der Waals surface area (Å²) in [5, 5.41) is 14.0. The monoisotopic (exact) mass is 352 g/mol. The standard InChI is InChI=1S/C13H9BrN2O3S/c14-8-3-4-20-11(8)6-15-13-16-9-2-1-7(12(17)18)5-10(9)19-13/h1-5H,6H2,(H,15,16)(H,17,18). The summed E-state index contributed by atoms with van der Waals surface area (Å²) in [4.78, 5) is 16.3. The summed E-state index contributed by atoms with van der Waals surface area (Å²) in [5.41, 5.74) is 1.27. The van der Waals surface area contributed by atoms with E-state index >= 15 is 0 Å². The third kappa shape index (κ3) is 2.54. The zero-order valence-corrected chi connectivity index (χ0v) is 12.5. The van der Waals surface area contributed by atoms with Crippen molar-refractivity contribution in [2.24, 2.45) is 0 Å². The maximum atomic E-state index is 10.9. The Bertz CT molecular complexity index is 781. The second-order valence-corrected chi connectivity index (χ2v) is 5.91. The van der Waals surface area contributed by atoms with Crippen LogP contribution in [0.4, 0.5) is 6.01 Å². The molecule has 0 spiro atoms. The van der Waals surface area contributed by atoms with Crippen molar-refractivity contribution in [1.82, 2.24) is 4.98 Å². The lowest BCUT2D eigenvalue weighted by Gasteiger charge is -1.99. The van der Waals surface area contributed by atoms with Gasteiger partial charge in [0.25, 0.3) is 6.01 Å². The van der Waals surface area contributed by atoms with E-state index in [4.69, 9.17) is 9.52 Å². The summed E-state index contributed by atoms with van der Waals surface area (Å²) in [6.07, 6.45) is 0. The number of carboxylic acids is 1. The van der Waals surface area contributed by atoms with E-state index in [-0.39, 0.29) is 5.56 Å². The predicted octanol–water partition coefficient (Wildman–Crippen LogP) is 3.96.